The number of nitrogens with zero attached hydrogens (tertiary/aromatic N) is 5. The van der Waals surface area contributed by atoms with Crippen LogP contribution in [-0.2, 0) is 22.6 Å². The minimum Gasteiger partial charge on any atom is -0.497 e. The number of rotatable bonds is 11. The fourth-order valence-electron chi connectivity index (χ4n) is 6.59. The summed E-state index contributed by atoms with van der Waals surface area (Å²) in [7, 11) is 3.27. The van der Waals surface area contributed by atoms with Crippen LogP contribution in [0.15, 0.2) is 89.9 Å². The van der Waals surface area contributed by atoms with Crippen LogP contribution < -0.4 is 25.8 Å². The highest BCUT2D eigenvalue weighted by Crippen LogP contribution is 2.37. The molecule has 1 saturated heterocycles. The molecule has 4 aromatic carbocycles. The van der Waals surface area contributed by atoms with Gasteiger partial charge in [0.2, 0.25) is 6.08 Å². The molecule has 7 rings (SSSR count). The van der Waals surface area contributed by atoms with Gasteiger partial charge in [-0.1, -0.05) is 24.3 Å². The summed E-state index contributed by atoms with van der Waals surface area (Å²) in [5.41, 5.74) is 14.1. The van der Waals surface area contributed by atoms with Gasteiger partial charge in [0.15, 0.2) is 0 Å². The fraction of sp³-hybridized carbons (Fsp3) is 0.304. The molecule has 13 nitrogen and oxygen atoms in total. The normalized spacial score (nSPS) is 12.7. The molecule has 0 radical (unpaired) electrons. The number of fused-ring (bicyclic) bond motifs is 2. The van der Waals surface area contributed by atoms with E-state index >= 15 is 0 Å². The maximum atomic E-state index is 11.8. The first-order chi connectivity index (χ1) is 30.1. The van der Waals surface area contributed by atoms with Crippen molar-refractivity contribution < 1.29 is 25.2 Å². The number of nitriles is 2. The lowest BCUT2D eigenvalue weighted by Gasteiger charge is -2.11. The zero-order valence-electron chi connectivity index (χ0n) is 35.6. The molecule has 0 spiro atoms. The van der Waals surface area contributed by atoms with E-state index in [1.54, 1.807) is 14.2 Å². The molecule has 0 aliphatic carbocycles. The maximum absolute atomic E-state index is 11.8. The van der Waals surface area contributed by atoms with E-state index in [4.69, 9.17) is 44.5 Å². The highest BCUT2D eigenvalue weighted by molar-refractivity contribution is 6.18. The number of amides is 2. The van der Waals surface area contributed by atoms with Gasteiger partial charge in [-0.2, -0.15) is 10.5 Å². The SMILES string of the molecule is CCn1c(-c2ccc(N)cc2)c(C#N)c2ccc(OC)cc21.CCn1c(-c2ccc(NC(=O)NCCCl)cc2)c(C#N)c2ccc(OC)cc21.O=C=NCCCl.[2H]C1CCCO1. The van der Waals surface area contributed by atoms with Crippen LogP contribution in [0.25, 0.3) is 44.3 Å². The highest BCUT2D eigenvalue weighted by atomic mass is 35.5. The number of nitrogen functional groups attached to an aromatic ring is 1. The van der Waals surface area contributed by atoms with Crippen LogP contribution in [0.1, 0.15) is 39.2 Å². The number of alkyl halides is 2. The average molecular weight is 867 g/mol. The van der Waals surface area contributed by atoms with Crippen LogP contribution in [0.5, 0.6) is 11.5 Å². The number of benzene rings is 4. The second kappa shape index (κ2) is 24.6. The van der Waals surface area contributed by atoms with Crippen molar-refractivity contribution in [3.05, 3.63) is 96.1 Å². The summed E-state index contributed by atoms with van der Waals surface area (Å²) in [6, 6.07) is 31.0. The first kappa shape index (κ1) is 45.6. The lowest BCUT2D eigenvalue weighted by molar-refractivity contribution is 0.198. The van der Waals surface area contributed by atoms with Crippen molar-refractivity contribution >= 4 is 68.5 Å². The summed E-state index contributed by atoms with van der Waals surface area (Å²) in [4.78, 5) is 24.1. The first-order valence-corrected chi connectivity index (χ1v) is 20.6. The summed E-state index contributed by atoms with van der Waals surface area (Å²) in [5, 5.41) is 26.7. The number of hydrogen-bond donors (Lipinski definition) is 3. The summed E-state index contributed by atoms with van der Waals surface area (Å²) < 4.78 is 26.6. The van der Waals surface area contributed by atoms with Crippen molar-refractivity contribution in [1.82, 2.24) is 14.5 Å². The molecule has 0 saturated carbocycles. The van der Waals surface area contributed by atoms with Gasteiger partial charge in [0.25, 0.3) is 0 Å². The molecule has 1 fully saturated rings. The molecular formula is C46H50Cl2N8O5. The Morgan fingerprint density at radius 1 is 0.836 bits per heavy atom. The first-order valence-electron chi connectivity index (χ1n) is 20.1. The summed E-state index contributed by atoms with van der Waals surface area (Å²) in [5.74, 6) is 2.29. The van der Waals surface area contributed by atoms with E-state index in [0.29, 0.717) is 53.9 Å². The summed E-state index contributed by atoms with van der Waals surface area (Å²) >= 11 is 10.7. The number of halogens is 2. The van der Waals surface area contributed by atoms with Gasteiger partial charge in [0.1, 0.15) is 23.6 Å². The average Bonchev–Trinajstić information content (AvgIpc) is 4.01. The topological polar surface area (TPSA) is 182 Å². The van der Waals surface area contributed by atoms with E-state index in [-0.39, 0.29) is 12.6 Å². The molecule has 4 N–H and O–H groups in total. The smallest absolute Gasteiger partial charge is 0.319 e. The molecule has 6 aromatic rings. The Morgan fingerprint density at radius 2 is 1.36 bits per heavy atom. The number of carbonyl (C=O) groups excluding carboxylic acids is 2. The molecule has 3 heterocycles. The van der Waals surface area contributed by atoms with Crippen molar-refractivity contribution in [2.75, 3.05) is 63.3 Å². The second-order valence-corrected chi connectivity index (χ2v) is 13.8. The fourth-order valence-corrected chi connectivity index (χ4v) is 6.77. The zero-order valence-corrected chi connectivity index (χ0v) is 36.1. The van der Waals surface area contributed by atoms with Gasteiger partial charge in [-0.3, -0.25) is 0 Å². The largest absolute Gasteiger partial charge is 0.497 e. The number of methoxy groups -OCH3 is 2. The van der Waals surface area contributed by atoms with Crippen LogP contribution in [-0.4, -0.2) is 73.5 Å². The van der Waals surface area contributed by atoms with Gasteiger partial charge in [-0.05, 0) is 86.3 Å². The molecule has 0 bridgehead atoms. The third-order valence-electron chi connectivity index (χ3n) is 9.34. The van der Waals surface area contributed by atoms with Gasteiger partial charge in [0.05, 0.1) is 55.7 Å². The van der Waals surface area contributed by atoms with E-state index in [1.807, 2.05) is 91.9 Å². The van der Waals surface area contributed by atoms with Crippen molar-refractivity contribution in [1.29, 1.82) is 10.5 Å². The maximum Gasteiger partial charge on any atom is 0.319 e. The molecule has 318 valence electrons. The van der Waals surface area contributed by atoms with Crippen LogP contribution in [0.3, 0.4) is 0 Å². The third-order valence-corrected chi connectivity index (χ3v) is 9.70. The standard InChI is InChI=1S/C21H21ClN4O2.C18H17N3O.C4H8O.C3H4ClNO/c1-3-26-19-12-16(28-2)8-9-17(19)18(13-23)20(26)14-4-6-15(7-5-14)25-21(27)24-11-10-22;1-3-21-17-10-14(22-2)8-9-15(17)16(11-19)18(21)12-4-6-13(20)7-5-12;1-2-4-5-3-1;4-1-2-5-3-6/h4-9,12H,3,10-11H2,1-2H3,(H2,24,25,27);4-10H,3,20H2,1-2H3;1-4H2;1-2H2/i;;3D;. The Morgan fingerprint density at radius 3 is 1.72 bits per heavy atom. The molecule has 1 aliphatic rings. The Balaban J connectivity index is 0.000000218. The zero-order chi connectivity index (χ0) is 45.0. The number of ether oxygens (including phenoxy) is 3. The third kappa shape index (κ3) is 12.3. The van der Waals surface area contributed by atoms with E-state index in [0.717, 1.165) is 81.8 Å². The van der Waals surface area contributed by atoms with Crippen molar-refractivity contribution in [3.63, 3.8) is 0 Å². The minimum atomic E-state index is -0.305. The molecule has 1 aliphatic heterocycles. The number of isocyanates is 1. The predicted octanol–water partition coefficient (Wildman–Crippen LogP) is 9.72. The molecule has 15 heteroatoms. The Bertz CT molecular complexity index is 2530. The minimum absolute atomic E-state index is 0.204. The molecule has 1 unspecified atom stereocenters. The number of anilines is 2. The van der Waals surface area contributed by atoms with Gasteiger partial charge >= 0.3 is 6.03 Å². The summed E-state index contributed by atoms with van der Waals surface area (Å²) in [6.45, 7) is 6.97. The van der Waals surface area contributed by atoms with Crippen molar-refractivity contribution in [2.45, 2.75) is 39.8 Å². The Kier molecular flexibility index (Phi) is 18.4. The number of aliphatic imine (C=N–C) groups is 1. The molecule has 2 aromatic heterocycles. The quantitative estimate of drug-likeness (QED) is 0.0498. The van der Waals surface area contributed by atoms with E-state index in [1.165, 1.54) is 6.08 Å². The van der Waals surface area contributed by atoms with Gasteiger partial charge in [0, 0.05) is 78.9 Å². The van der Waals surface area contributed by atoms with Gasteiger partial charge < -0.3 is 39.7 Å². The molecular weight excluding hydrogens is 815 g/mol. The number of nitrogens with two attached hydrogens (primary N) is 1. The molecule has 2 amide bonds. The number of aryl methyl sites for hydroxylation is 2. The van der Waals surface area contributed by atoms with Crippen molar-refractivity contribution in [3.8, 4) is 46.2 Å². The number of nitrogens with one attached hydrogen (secondary N) is 2. The molecule has 61 heavy (non-hydrogen) atoms. The van der Waals surface area contributed by atoms with Crippen LogP contribution in [0.4, 0.5) is 16.2 Å². The van der Waals surface area contributed by atoms with Crippen molar-refractivity contribution in [2.24, 2.45) is 4.99 Å². The number of urea groups is 1. The van der Waals surface area contributed by atoms with Gasteiger partial charge in [-0.25, -0.2) is 14.6 Å². The van der Waals surface area contributed by atoms with E-state index in [9.17, 15) is 20.1 Å². The van der Waals surface area contributed by atoms with Crippen LogP contribution in [0, 0.1) is 22.7 Å². The Labute approximate surface area is 367 Å². The number of hydrogen-bond acceptors (Lipinski definition) is 9. The lowest BCUT2D eigenvalue weighted by Crippen LogP contribution is -2.30. The van der Waals surface area contributed by atoms with Crippen LogP contribution >= 0.6 is 23.2 Å². The van der Waals surface area contributed by atoms with Gasteiger partial charge in [-0.15, -0.1) is 23.2 Å². The Hall–Kier alpha value is -6.47. The van der Waals surface area contributed by atoms with E-state index < -0.39 is 0 Å². The number of carbonyl (C=O) groups is 1. The van der Waals surface area contributed by atoms with Crippen LogP contribution in [0.2, 0.25) is 0 Å². The molecule has 1 atom stereocenters. The highest BCUT2D eigenvalue weighted by Gasteiger charge is 2.20. The lowest BCUT2D eigenvalue weighted by atomic mass is 10.1. The van der Waals surface area contributed by atoms with E-state index in [2.05, 4.69) is 43.8 Å². The second-order valence-electron chi connectivity index (χ2n) is 13.0. The monoisotopic (exact) mass is 865 g/mol. The number of aromatic nitrogens is 2. The predicted molar refractivity (Wildman–Crippen MR) is 245 cm³/mol. The summed E-state index contributed by atoms with van der Waals surface area (Å²) in [6.07, 6.45) is 3.37.